The molecule has 1 aromatic rings. The molecule has 0 atom stereocenters. The van der Waals surface area contributed by atoms with Gasteiger partial charge >= 0.3 is 0 Å². The van der Waals surface area contributed by atoms with Crippen molar-refractivity contribution < 1.29 is 4.74 Å². The van der Waals surface area contributed by atoms with Crippen LogP contribution in [0, 0.1) is 0 Å². The summed E-state index contributed by atoms with van der Waals surface area (Å²) in [6.07, 6.45) is 4.06. The molecule has 4 nitrogen and oxygen atoms in total. The number of rotatable bonds is 3. The van der Waals surface area contributed by atoms with E-state index in [1.807, 2.05) is 0 Å². The van der Waals surface area contributed by atoms with Gasteiger partial charge in [-0.25, -0.2) is 9.97 Å². The number of aryl methyl sites for hydroxylation is 1. The van der Waals surface area contributed by atoms with Gasteiger partial charge in [0.1, 0.15) is 11.6 Å². The molecule has 1 aliphatic rings. The van der Waals surface area contributed by atoms with E-state index in [2.05, 4.69) is 16.9 Å². The first kappa shape index (κ1) is 10.4. The maximum Gasteiger partial charge on any atom is 0.132 e. The number of fused-ring (bicyclic) bond motifs is 1. The molecule has 0 saturated carbocycles. The Hall–Kier alpha value is -1.16. The van der Waals surface area contributed by atoms with Gasteiger partial charge in [0, 0.05) is 18.4 Å². The fourth-order valence-corrected chi connectivity index (χ4v) is 1.76. The van der Waals surface area contributed by atoms with Crippen molar-refractivity contribution in [2.45, 2.75) is 39.2 Å². The van der Waals surface area contributed by atoms with Crippen molar-refractivity contribution in [3.05, 3.63) is 17.1 Å². The van der Waals surface area contributed by atoms with E-state index in [-0.39, 0.29) is 0 Å². The second-order valence-electron chi connectivity index (χ2n) is 3.86. The van der Waals surface area contributed by atoms with Crippen LogP contribution in [0.5, 0.6) is 0 Å². The molecule has 0 radical (unpaired) electrons. The van der Waals surface area contributed by atoms with Gasteiger partial charge in [-0.15, -0.1) is 0 Å². The van der Waals surface area contributed by atoms with E-state index in [1.165, 1.54) is 0 Å². The van der Waals surface area contributed by atoms with Crippen molar-refractivity contribution in [1.82, 2.24) is 9.97 Å². The Bertz CT molecular complexity index is 352. The van der Waals surface area contributed by atoms with Crippen LogP contribution in [0.4, 0.5) is 5.82 Å². The van der Waals surface area contributed by atoms with Gasteiger partial charge in [0.2, 0.25) is 0 Å². The predicted molar refractivity (Wildman–Crippen MR) is 58.4 cm³/mol. The lowest BCUT2D eigenvalue weighted by molar-refractivity contribution is 0.109. The first-order valence-corrected chi connectivity index (χ1v) is 5.53. The molecule has 0 saturated heterocycles. The van der Waals surface area contributed by atoms with Crippen LogP contribution in [0.3, 0.4) is 0 Å². The summed E-state index contributed by atoms with van der Waals surface area (Å²) in [6.45, 7) is 3.47. The summed E-state index contributed by atoms with van der Waals surface area (Å²) in [5.41, 5.74) is 7.95. The predicted octanol–water partition coefficient (Wildman–Crippen LogP) is 1.47. The molecule has 15 heavy (non-hydrogen) atoms. The first-order chi connectivity index (χ1) is 7.31. The highest BCUT2D eigenvalue weighted by Gasteiger charge is 2.16. The van der Waals surface area contributed by atoms with Crippen LogP contribution in [0.2, 0.25) is 0 Å². The Kier molecular flexibility index (Phi) is 3.16. The number of unbranched alkanes of at least 4 members (excludes halogenated alkanes) is 1. The molecular formula is C11H17N3O. The second kappa shape index (κ2) is 4.57. The van der Waals surface area contributed by atoms with Crippen molar-refractivity contribution in [3.63, 3.8) is 0 Å². The molecule has 1 aromatic heterocycles. The number of nitrogen functional groups attached to an aromatic ring is 1. The second-order valence-corrected chi connectivity index (χ2v) is 3.86. The van der Waals surface area contributed by atoms with Crippen LogP contribution in [0.1, 0.15) is 36.8 Å². The highest BCUT2D eigenvalue weighted by atomic mass is 16.5. The molecule has 0 fully saturated rings. The zero-order valence-electron chi connectivity index (χ0n) is 9.12. The van der Waals surface area contributed by atoms with Crippen LogP contribution in [0.15, 0.2) is 0 Å². The molecule has 2 N–H and O–H groups in total. The summed E-state index contributed by atoms with van der Waals surface area (Å²) in [6, 6.07) is 0. The molecule has 0 amide bonds. The molecule has 0 aliphatic carbocycles. The third-order valence-electron chi connectivity index (χ3n) is 2.65. The van der Waals surface area contributed by atoms with E-state index < -0.39 is 0 Å². The molecule has 2 heterocycles. The van der Waals surface area contributed by atoms with Gasteiger partial charge in [-0.1, -0.05) is 13.3 Å². The quantitative estimate of drug-likeness (QED) is 0.815. The minimum Gasteiger partial charge on any atom is -0.383 e. The van der Waals surface area contributed by atoms with Gasteiger partial charge in [-0.2, -0.15) is 0 Å². The van der Waals surface area contributed by atoms with E-state index in [9.17, 15) is 0 Å². The van der Waals surface area contributed by atoms with Gasteiger partial charge in [-0.05, 0) is 6.42 Å². The highest BCUT2D eigenvalue weighted by Crippen LogP contribution is 2.20. The van der Waals surface area contributed by atoms with Crippen LogP contribution in [-0.2, 0) is 24.2 Å². The highest BCUT2D eigenvalue weighted by molar-refractivity contribution is 5.42. The van der Waals surface area contributed by atoms with Crippen LogP contribution >= 0.6 is 0 Å². The van der Waals surface area contributed by atoms with Gasteiger partial charge in [0.25, 0.3) is 0 Å². The van der Waals surface area contributed by atoms with Gasteiger partial charge in [0.15, 0.2) is 0 Å². The summed E-state index contributed by atoms with van der Waals surface area (Å²) in [7, 11) is 0. The van der Waals surface area contributed by atoms with Gasteiger partial charge < -0.3 is 10.5 Å². The smallest absolute Gasteiger partial charge is 0.132 e. The van der Waals surface area contributed by atoms with Crippen molar-refractivity contribution >= 4 is 5.82 Å². The minimum absolute atomic E-state index is 0.565. The van der Waals surface area contributed by atoms with Crippen LogP contribution < -0.4 is 5.73 Å². The van der Waals surface area contributed by atoms with E-state index in [0.717, 1.165) is 49.4 Å². The number of nitrogens with zero attached hydrogens (tertiary/aromatic N) is 2. The molecule has 0 aromatic carbocycles. The molecule has 0 spiro atoms. The summed E-state index contributed by atoms with van der Waals surface area (Å²) < 4.78 is 5.34. The SMILES string of the molecule is CCCCc1nc(N)c2c(n1)CCOC2. The van der Waals surface area contributed by atoms with Crippen molar-refractivity contribution in [1.29, 1.82) is 0 Å². The molecule has 0 bridgehead atoms. The van der Waals surface area contributed by atoms with Crippen LogP contribution in [-0.4, -0.2) is 16.6 Å². The molecule has 2 rings (SSSR count). The Balaban J connectivity index is 2.24. The number of anilines is 1. The van der Waals surface area contributed by atoms with Crippen molar-refractivity contribution in [2.75, 3.05) is 12.3 Å². The maximum atomic E-state index is 5.88. The van der Waals surface area contributed by atoms with E-state index >= 15 is 0 Å². The Morgan fingerprint density at radius 2 is 2.27 bits per heavy atom. The summed E-state index contributed by atoms with van der Waals surface area (Å²) in [5, 5.41) is 0. The molecule has 1 aliphatic heterocycles. The minimum atomic E-state index is 0.565. The lowest BCUT2D eigenvalue weighted by atomic mass is 10.1. The van der Waals surface area contributed by atoms with Gasteiger partial charge in [-0.3, -0.25) is 0 Å². The number of aromatic nitrogens is 2. The first-order valence-electron chi connectivity index (χ1n) is 5.53. The summed E-state index contributed by atoms with van der Waals surface area (Å²) >= 11 is 0. The number of hydrogen-bond acceptors (Lipinski definition) is 4. The number of ether oxygens (including phenoxy) is 1. The van der Waals surface area contributed by atoms with E-state index in [0.29, 0.717) is 12.4 Å². The number of hydrogen-bond donors (Lipinski definition) is 1. The zero-order valence-corrected chi connectivity index (χ0v) is 9.12. The van der Waals surface area contributed by atoms with Gasteiger partial charge in [0.05, 0.1) is 18.9 Å². The lowest BCUT2D eigenvalue weighted by Gasteiger charge is -2.17. The normalized spacial score (nSPS) is 15.0. The largest absolute Gasteiger partial charge is 0.383 e. The Morgan fingerprint density at radius 3 is 3.07 bits per heavy atom. The number of nitrogens with two attached hydrogens (primary N) is 1. The molecule has 4 heteroatoms. The zero-order chi connectivity index (χ0) is 10.7. The molecule has 82 valence electrons. The topological polar surface area (TPSA) is 61.0 Å². The maximum absolute atomic E-state index is 5.88. The Labute approximate surface area is 89.9 Å². The monoisotopic (exact) mass is 207 g/mol. The van der Waals surface area contributed by atoms with Crippen molar-refractivity contribution in [3.8, 4) is 0 Å². The summed E-state index contributed by atoms with van der Waals surface area (Å²) in [4.78, 5) is 8.85. The average molecular weight is 207 g/mol. The van der Waals surface area contributed by atoms with E-state index in [4.69, 9.17) is 10.5 Å². The average Bonchev–Trinajstić information content (AvgIpc) is 2.26. The fraction of sp³-hybridized carbons (Fsp3) is 0.636. The standard InChI is InChI=1S/C11H17N3O/c1-2-3-4-10-13-9-5-6-15-7-8(9)11(12)14-10/h2-7H2,1H3,(H2,12,13,14). The Morgan fingerprint density at radius 1 is 1.40 bits per heavy atom. The fourth-order valence-electron chi connectivity index (χ4n) is 1.76. The van der Waals surface area contributed by atoms with Crippen molar-refractivity contribution in [2.24, 2.45) is 0 Å². The third kappa shape index (κ3) is 2.26. The molecular weight excluding hydrogens is 190 g/mol. The summed E-state index contributed by atoms with van der Waals surface area (Å²) in [5.74, 6) is 1.49. The molecule has 0 unspecified atom stereocenters. The van der Waals surface area contributed by atoms with E-state index in [1.54, 1.807) is 0 Å². The van der Waals surface area contributed by atoms with Crippen LogP contribution in [0.25, 0.3) is 0 Å². The lowest BCUT2D eigenvalue weighted by Crippen LogP contribution is -2.17. The third-order valence-corrected chi connectivity index (χ3v) is 2.65.